The van der Waals surface area contributed by atoms with Crippen LogP contribution in [0, 0.1) is 6.92 Å². The van der Waals surface area contributed by atoms with E-state index in [0.717, 1.165) is 30.0 Å². The zero-order chi connectivity index (χ0) is 13.0. The summed E-state index contributed by atoms with van der Waals surface area (Å²) in [6.07, 6.45) is 5.10. The third kappa shape index (κ3) is 2.73. The predicted molar refractivity (Wildman–Crippen MR) is 69.9 cm³/mol. The Morgan fingerprint density at radius 3 is 2.94 bits per heavy atom. The van der Waals surface area contributed by atoms with Gasteiger partial charge in [0.2, 0.25) is 0 Å². The van der Waals surface area contributed by atoms with Gasteiger partial charge in [-0.1, -0.05) is 13.0 Å². The maximum atomic E-state index is 6.23. The first-order chi connectivity index (χ1) is 8.72. The normalized spacial score (nSPS) is 12.6. The minimum atomic E-state index is -0.0847. The molecule has 2 aromatic rings. The monoisotopic (exact) mass is 245 g/mol. The first-order valence-electron chi connectivity index (χ1n) is 6.26. The van der Waals surface area contributed by atoms with Crippen molar-refractivity contribution in [2.45, 2.75) is 39.3 Å². The zero-order valence-electron chi connectivity index (χ0n) is 10.9. The Bertz CT molecular complexity index is 506. The van der Waals surface area contributed by atoms with Gasteiger partial charge in [0.15, 0.2) is 0 Å². The van der Waals surface area contributed by atoms with Crippen LogP contribution in [0.1, 0.15) is 36.5 Å². The van der Waals surface area contributed by atoms with E-state index in [1.807, 2.05) is 23.7 Å². The number of hydrogen-bond acceptors (Lipinski definition) is 4. The maximum absolute atomic E-state index is 6.23. The number of rotatable bonds is 5. The number of hydrogen-bond donors (Lipinski definition) is 1. The van der Waals surface area contributed by atoms with E-state index in [-0.39, 0.29) is 6.04 Å². The van der Waals surface area contributed by atoms with Crippen LogP contribution in [-0.2, 0) is 13.0 Å². The molecule has 0 bridgehead atoms. The van der Waals surface area contributed by atoms with Crippen molar-refractivity contribution in [3.8, 4) is 0 Å². The van der Waals surface area contributed by atoms with Gasteiger partial charge < -0.3 is 5.73 Å². The fourth-order valence-electron chi connectivity index (χ4n) is 2.04. The lowest BCUT2D eigenvalue weighted by molar-refractivity contribution is 0.547. The number of nitrogens with zero attached hydrogens (tertiary/aromatic N) is 4. The van der Waals surface area contributed by atoms with Gasteiger partial charge in [0.1, 0.15) is 12.2 Å². The molecule has 0 radical (unpaired) electrons. The first kappa shape index (κ1) is 12.7. The summed E-state index contributed by atoms with van der Waals surface area (Å²) in [7, 11) is 0. The molecule has 2 heterocycles. The van der Waals surface area contributed by atoms with Gasteiger partial charge in [-0.05, 0) is 25.0 Å². The molecule has 2 aromatic heterocycles. The average Bonchev–Trinajstić information content (AvgIpc) is 2.78. The van der Waals surface area contributed by atoms with Crippen molar-refractivity contribution in [2.75, 3.05) is 0 Å². The molecule has 96 valence electrons. The van der Waals surface area contributed by atoms with Crippen LogP contribution in [0.5, 0.6) is 0 Å². The molecule has 0 aromatic carbocycles. The standard InChI is InChI=1S/C13H19N5/c1-3-7-18-13(16-9-17-18)8-12(14)11-5-4-6-15-10(11)2/h4-6,9,12H,3,7-8,14H2,1-2H3. The Morgan fingerprint density at radius 1 is 1.39 bits per heavy atom. The Balaban J connectivity index is 2.14. The maximum Gasteiger partial charge on any atom is 0.138 e. The van der Waals surface area contributed by atoms with Crippen LogP contribution >= 0.6 is 0 Å². The van der Waals surface area contributed by atoms with Gasteiger partial charge >= 0.3 is 0 Å². The molecule has 0 saturated carbocycles. The fraction of sp³-hybridized carbons (Fsp3) is 0.462. The highest BCUT2D eigenvalue weighted by Gasteiger charge is 2.13. The van der Waals surface area contributed by atoms with Crippen LogP contribution in [0.2, 0.25) is 0 Å². The molecule has 0 spiro atoms. The van der Waals surface area contributed by atoms with Crippen molar-refractivity contribution in [3.05, 3.63) is 41.7 Å². The minimum absolute atomic E-state index is 0.0847. The van der Waals surface area contributed by atoms with Gasteiger partial charge in [0.25, 0.3) is 0 Å². The lowest BCUT2D eigenvalue weighted by atomic mass is 10.0. The van der Waals surface area contributed by atoms with E-state index in [1.165, 1.54) is 0 Å². The molecular formula is C13H19N5. The third-order valence-corrected chi connectivity index (χ3v) is 2.98. The van der Waals surface area contributed by atoms with E-state index in [0.29, 0.717) is 6.42 Å². The van der Waals surface area contributed by atoms with E-state index in [2.05, 4.69) is 22.0 Å². The van der Waals surface area contributed by atoms with E-state index in [1.54, 1.807) is 12.5 Å². The van der Waals surface area contributed by atoms with Crippen molar-refractivity contribution in [1.82, 2.24) is 19.7 Å². The van der Waals surface area contributed by atoms with E-state index >= 15 is 0 Å². The van der Waals surface area contributed by atoms with Crippen molar-refractivity contribution < 1.29 is 0 Å². The quantitative estimate of drug-likeness (QED) is 0.869. The molecule has 2 rings (SSSR count). The number of aryl methyl sites for hydroxylation is 2. The molecule has 18 heavy (non-hydrogen) atoms. The topological polar surface area (TPSA) is 69.6 Å². The molecule has 2 N–H and O–H groups in total. The van der Waals surface area contributed by atoms with Crippen LogP contribution in [0.15, 0.2) is 24.7 Å². The summed E-state index contributed by atoms with van der Waals surface area (Å²) in [4.78, 5) is 8.55. The summed E-state index contributed by atoms with van der Waals surface area (Å²) < 4.78 is 1.92. The van der Waals surface area contributed by atoms with Crippen molar-refractivity contribution in [1.29, 1.82) is 0 Å². The van der Waals surface area contributed by atoms with Crippen molar-refractivity contribution in [3.63, 3.8) is 0 Å². The summed E-state index contributed by atoms with van der Waals surface area (Å²) in [6, 6.07) is 3.85. The zero-order valence-corrected chi connectivity index (χ0v) is 10.9. The highest BCUT2D eigenvalue weighted by Crippen LogP contribution is 2.17. The molecule has 5 heteroatoms. The van der Waals surface area contributed by atoms with Crippen molar-refractivity contribution in [2.24, 2.45) is 5.73 Å². The van der Waals surface area contributed by atoms with Crippen LogP contribution in [-0.4, -0.2) is 19.7 Å². The molecule has 5 nitrogen and oxygen atoms in total. The van der Waals surface area contributed by atoms with E-state index in [9.17, 15) is 0 Å². The largest absolute Gasteiger partial charge is 0.324 e. The number of nitrogens with two attached hydrogens (primary N) is 1. The SMILES string of the molecule is CCCn1ncnc1CC(N)c1cccnc1C. The Labute approximate surface area is 107 Å². The molecule has 0 saturated heterocycles. The van der Waals surface area contributed by atoms with Crippen LogP contribution in [0.4, 0.5) is 0 Å². The van der Waals surface area contributed by atoms with Crippen LogP contribution < -0.4 is 5.73 Å². The molecule has 0 aliphatic rings. The summed E-state index contributed by atoms with van der Waals surface area (Å²) in [6.45, 7) is 4.98. The summed E-state index contributed by atoms with van der Waals surface area (Å²) in [5, 5.41) is 4.21. The van der Waals surface area contributed by atoms with Gasteiger partial charge in [0.05, 0.1) is 0 Å². The second-order valence-electron chi connectivity index (χ2n) is 4.39. The summed E-state index contributed by atoms with van der Waals surface area (Å²) >= 11 is 0. The average molecular weight is 245 g/mol. The van der Waals surface area contributed by atoms with Gasteiger partial charge in [-0.3, -0.25) is 9.67 Å². The van der Waals surface area contributed by atoms with Gasteiger partial charge in [-0.2, -0.15) is 5.10 Å². The molecule has 0 amide bonds. The molecule has 1 unspecified atom stereocenters. The molecule has 0 fully saturated rings. The summed E-state index contributed by atoms with van der Waals surface area (Å²) in [5.74, 6) is 0.938. The third-order valence-electron chi connectivity index (χ3n) is 2.98. The molecule has 1 atom stereocenters. The molecular weight excluding hydrogens is 226 g/mol. The van der Waals surface area contributed by atoms with Gasteiger partial charge in [0, 0.05) is 30.9 Å². The minimum Gasteiger partial charge on any atom is -0.324 e. The van der Waals surface area contributed by atoms with Gasteiger partial charge in [-0.15, -0.1) is 0 Å². The second-order valence-corrected chi connectivity index (χ2v) is 4.39. The van der Waals surface area contributed by atoms with Crippen LogP contribution in [0.25, 0.3) is 0 Å². The van der Waals surface area contributed by atoms with E-state index < -0.39 is 0 Å². The Morgan fingerprint density at radius 2 is 2.22 bits per heavy atom. The van der Waals surface area contributed by atoms with E-state index in [4.69, 9.17) is 5.73 Å². The second kappa shape index (κ2) is 5.73. The lowest BCUT2D eigenvalue weighted by Gasteiger charge is -2.14. The molecule has 0 aliphatic heterocycles. The number of pyridine rings is 1. The molecule has 0 aliphatic carbocycles. The number of aromatic nitrogens is 4. The summed E-state index contributed by atoms with van der Waals surface area (Å²) in [5.41, 5.74) is 8.28. The fourth-order valence-corrected chi connectivity index (χ4v) is 2.04. The lowest BCUT2D eigenvalue weighted by Crippen LogP contribution is -2.18. The van der Waals surface area contributed by atoms with Crippen LogP contribution in [0.3, 0.4) is 0 Å². The Kier molecular flexibility index (Phi) is 4.04. The van der Waals surface area contributed by atoms with Crippen molar-refractivity contribution >= 4 is 0 Å². The first-order valence-corrected chi connectivity index (χ1v) is 6.26. The predicted octanol–water partition coefficient (Wildman–Crippen LogP) is 1.63. The Hall–Kier alpha value is -1.75. The smallest absolute Gasteiger partial charge is 0.138 e. The highest BCUT2D eigenvalue weighted by molar-refractivity contribution is 5.22. The van der Waals surface area contributed by atoms with Gasteiger partial charge in [-0.25, -0.2) is 4.98 Å². The highest BCUT2D eigenvalue weighted by atomic mass is 15.3.